The van der Waals surface area contributed by atoms with Gasteiger partial charge in [0.2, 0.25) is 0 Å². The molecule has 0 unspecified atom stereocenters. The largest absolute Gasteiger partial charge is 0.489 e. The van der Waals surface area contributed by atoms with E-state index in [1.165, 1.54) is 11.1 Å². The molecule has 36 heavy (non-hydrogen) atoms. The second kappa shape index (κ2) is 11.6. The van der Waals surface area contributed by atoms with Crippen LogP contribution in [0.2, 0.25) is 0 Å². The number of benzene rings is 2. The smallest absolute Gasteiger partial charge is 0.305 e. The van der Waals surface area contributed by atoms with Gasteiger partial charge < -0.3 is 14.6 Å². The van der Waals surface area contributed by atoms with E-state index in [2.05, 4.69) is 43.3 Å². The first kappa shape index (κ1) is 25.8. The standard InChI is InChI=1S/C30H35NO5/c1-30(20-36-29(34)9-5-8-28(32)33)16-14-25-24-13-11-23(35-19-21-6-3-2-4-7-21)18-22(24)10-12-26(25)27(30)15-17-31/h2-4,6-7,11,13,18,25-27H,5,8-10,12,14-16,19-20H2,1H3,(H,32,33)/t25-,26-,27+,30-/m1/s1. The molecule has 2 aromatic carbocycles. The molecule has 2 aromatic rings. The van der Waals surface area contributed by atoms with Crippen LogP contribution in [-0.4, -0.2) is 23.7 Å². The Kier molecular flexibility index (Phi) is 8.30. The van der Waals surface area contributed by atoms with Gasteiger partial charge in [0.1, 0.15) is 12.4 Å². The number of aryl methyl sites for hydroxylation is 1. The number of nitrogens with zero attached hydrogens (tertiary/aromatic N) is 1. The van der Waals surface area contributed by atoms with Crippen LogP contribution in [0, 0.1) is 28.6 Å². The quantitative estimate of drug-likeness (QED) is 0.409. The third kappa shape index (κ3) is 6.07. The van der Waals surface area contributed by atoms with Crippen LogP contribution in [0.15, 0.2) is 48.5 Å². The molecule has 1 saturated carbocycles. The molecule has 0 amide bonds. The Hall–Kier alpha value is -3.33. The molecule has 190 valence electrons. The van der Waals surface area contributed by atoms with Gasteiger partial charge in [0.25, 0.3) is 0 Å². The second-order valence-corrected chi connectivity index (χ2v) is 10.5. The first-order chi connectivity index (χ1) is 17.4. The summed E-state index contributed by atoms with van der Waals surface area (Å²) < 4.78 is 11.7. The highest BCUT2D eigenvalue weighted by Crippen LogP contribution is 2.56. The lowest BCUT2D eigenvalue weighted by atomic mass is 9.54. The fraction of sp³-hybridized carbons (Fsp3) is 0.500. The van der Waals surface area contributed by atoms with Gasteiger partial charge in [-0.1, -0.05) is 43.3 Å². The predicted octanol–water partition coefficient (Wildman–Crippen LogP) is 6.04. The monoisotopic (exact) mass is 489 g/mol. The van der Waals surface area contributed by atoms with Crippen LogP contribution >= 0.6 is 0 Å². The van der Waals surface area contributed by atoms with E-state index < -0.39 is 5.97 Å². The zero-order valence-corrected chi connectivity index (χ0v) is 20.9. The maximum Gasteiger partial charge on any atom is 0.305 e. The minimum absolute atomic E-state index is 0.0361. The molecule has 0 aliphatic heterocycles. The molecule has 6 heteroatoms. The first-order valence-corrected chi connectivity index (χ1v) is 12.9. The number of rotatable bonds is 10. The van der Waals surface area contributed by atoms with Crippen molar-refractivity contribution in [3.63, 3.8) is 0 Å². The fourth-order valence-electron chi connectivity index (χ4n) is 6.16. The van der Waals surface area contributed by atoms with Gasteiger partial charge in [0, 0.05) is 24.7 Å². The molecule has 1 fully saturated rings. The van der Waals surface area contributed by atoms with Crippen LogP contribution in [0.4, 0.5) is 0 Å². The number of nitriles is 1. The van der Waals surface area contributed by atoms with Gasteiger partial charge in [-0.3, -0.25) is 9.59 Å². The molecule has 2 aliphatic rings. The molecular weight excluding hydrogens is 454 g/mol. The number of carboxylic acid groups (broad SMARTS) is 1. The van der Waals surface area contributed by atoms with Gasteiger partial charge in [0.15, 0.2) is 0 Å². The lowest BCUT2D eigenvalue weighted by Crippen LogP contribution is -2.45. The zero-order chi connectivity index (χ0) is 25.5. The van der Waals surface area contributed by atoms with Crippen molar-refractivity contribution in [1.29, 1.82) is 5.26 Å². The maximum absolute atomic E-state index is 12.2. The molecule has 0 heterocycles. The number of esters is 1. The number of carboxylic acids is 1. The Morgan fingerprint density at radius 2 is 1.94 bits per heavy atom. The summed E-state index contributed by atoms with van der Waals surface area (Å²) in [5.74, 6) is 0.546. The van der Waals surface area contributed by atoms with E-state index in [0.717, 1.165) is 37.0 Å². The van der Waals surface area contributed by atoms with Crippen molar-refractivity contribution in [2.75, 3.05) is 6.61 Å². The fourth-order valence-corrected chi connectivity index (χ4v) is 6.16. The minimum Gasteiger partial charge on any atom is -0.489 e. The SMILES string of the molecule is C[C@]1(COC(=O)CCCC(=O)O)CC[C@@H]2c3ccc(OCc4ccccc4)cc3CC[C@H]2[C@@H]1CC#N. The molecule has 2 aliphatic carbocycles. The molecule has 0 aromatic heterocycles. The number of aliphatic carboxylic acids is 1. The molecular formula is C30H35NO5. The Balaban J connectivity index is 1.41. The van der Waals surface area contributed by atoms with E-state index in [0.29, 0.717) is 24.9 Å². The number of carbonyl (C=O) groups excluding carboxylic acids is 1. The summed E-state index contributed by atoms with van der Waals surface area (Å²) in [5.41, 5.74) is 3.60. The number of fused-ring (bicyclic) bond motifs is 3. The molecule has 0 spiro atoms. The topological polar surface area (TPSA) is 96.6 Å². The second-order valence-electron chi connectivity index (χ2n) is 10.5. The van der Waals surface area contributed by atoms with E-state index in [9.17, 15) is 14.9 Å². The summed E-state index contributed by atoms with van der Waals surface area (Å²) in [5, 5.41) is 18.4. The van der Waals surface area contributed by atoms with Crippen molar-refractivity contribution in [3.05, 3.63) is 65.2 Å². The van der Waals surface area contributed by atoms with E-state index in [4.69, 9.17) is 14.6 Å². The normalized spacial score (nSPS) is 24.6. The van der Waals surface area contributed by atoms with Gasteiger partial charge in [-0.2, -0.15) is 5.26 Å². The summed E-state index contributed by atoms with van der Waals surface area (Å²) in [6.07, 6.45) is 4.64. The summed E-state index contributed by atoms with van der Waals surface area (Å²) >= 11 is 0. The molecule has 0 bridgehead atoms. The molecule has 4 rings (SSSR count). The summed E-state index contributed by atoms with van der Waals surface area (Å²) in [6.45, 7) is 2.97. The highest BCUT2D eigenvalue weighted by atomic mass is 16.5. The van der Waals surface area contributed by atoms with E-state index >= 15 is 0 Å². The van der Waals surface area contributed by atoms with Crippen molar-refractivity contribution in [3.8, 4) is 11.8 Å². The van der Waals surface area contributed by atoms with Crippen LogP contribution in [-0.2, 0) is 27.4 Å². The van der Waals surface area contributed by atoms with Gasteiger partial charge in [-0.15, -0.1) is 0 Å². The summed E-state index contributed by atoms with van der Waals surface area (Å²) in [4.78, 5) is 22.9. The van der Waals surface area contributed by atoms with Crippen molar-refractivity contribution < 1.29 is 24.2 Å². The maximum atomic E-state index is 12.2. The van der Waals surface area contributed by atoms with Crippen molar-refractivity contribution in [1.82, 2.24) is 0 Å². The zero-order valence-electron chi connectivity index (χ0n) is 20.9. The Bertz CT molecular complexity index is 1110. The Morgan fingerprint density at radius 3 is 2.69 bits per heavy atom. The van der Waals surface area contributed by atoms with Crippen molar-refractivity contribution >= 4 is 11.9 Å². The van der Waals surface area contributed by atoms with E-state index in [-0.39, 0.29) is 43.2 Å². The number of hydrogen-bond acceptors (Lipinski definition) is 5. The van der Waals surface area contributed by atoms with E-state index in [1.54, 1.807) is 0 Å². The van der Waals surface area contributed by atoms with Crippen LogP contribution < -0.4 is 4.74 Å². The predicted molar refractivity (Wildman–Crippen MR) is 135 cm³/mol. The van der Waals surface area contributed by atoms with E-state index in [1.807, 2.05) is 18.2 Å². The van der Waals surface area contributed by atoms with Gasteiger partial charge in [-0.05, 0) is 78.7 Å². The number of hydrogen-bond donors (Lipinski definition) is 1. The minimum atomic E-state index is -0.908. The van der Waals surface area contributed by atoms with Crippen molar-refractivity contribution in [2.24, 2.45) is 17.3 Å². The van der Waals surface area contributed by atoms with Crippen LogP contribution in [0.25, 0.3) is 0 Å². The van der Waals surface area contributed by atoms with Gasteiger partial charge in [0.05, 0.1) is 12.7 Å². The van der Waals surface area contributed by atoms with Crippen LogP contribution in [0.5, 0.6) is 5.75 Å². The average Bonchev–Trinajstić information content (AvgIpc) is 2.88. The molecule has 0 radical (unpaired) electrons. The molecule has 4 atom stereocenters. The third-order valence-corrected chi connectivity index (χ3v) is 8.11. The first-order valence-electron chi connectivity index (χ1n) is 12.9. The Labute approximate surface area is 213 Å². The van der Waals surface area contributed by atoms with Crippen LogP contribution in [0.1, 0.15) is 74.5 Å². The molecule has 6 nitrogen and oxygen atoms in total. The van der Waals surface area contributed by atoms with Gasteiger partial charge in [-0.25, -0.2) is 0 Å². The number of carbonyl (C=O) groups is 2. The Morgan fingerprint density at radius 1 is 1.14 bits per heavy atom. The molecule has 1 N–H and O–H groups in total. The van der Waals surface area contributed by atoms with Gasteiger partial charge >= 0.3 is 11.9 Å². The summed E-state index contributed by atoms with van der Waals surface area (Å²) in [7, 11) is 0. The third-order valence-electron chi connectivity index (χ3n) is 8.11. The lowest BCUT2D eigenvalue weighted by Gasteiger charge is -2.51. The molecule has 0 saturated heterocycles. The van der Waals surface area contributed by atoms with Crippen molar-refractivity contribution in [2.45, 2.75) is 70.8 Å². The summed E-state index contributed by atoms with van der Waals surface area (Å²) in [6, 6.07) is 19.0. The lowest BCUT2D eigenvalue weighted by molar-refractivity contribution is -0.151. The highest BCUT2D eigenvalue weighted by molar-refractivity contribution is 5.71. The van der Waals surface area contributed by atoms with Crippen LogP contribution in [0.3, 0.4) is 0 Å². The average molecular weight is 490 g/mol. The highest BCUT2D eigenvalue weighted by Gasteiger charge is 2.48. The number of ether oxygens (including phenoxy) is 2.